The second-order valence-corrected chi connectivity index (χ2v) is 5.28. The minimum absolute atomic E-state index is 0.114. The van der Waals surface area contributed by atoms with Crippen molar-refractivity contribution in [3.63, 3.8) is 0 Å². The maximum absolute atomic E-state index is 12.1. The summed E-state index contributed by atoms with van der Waals surface area (Å²) in [6.45, 7) is 6.36. The zero-order valence-corrected chi connectivity index (χ0v) is 13.5. The van der Waals surface area contributed by atoms with Crippen LogP contribution < -0.4 is 4.90 Å². The maximum Gasteiger partial charge on any atom is 0.226 e. The van der Waals surface area contributed by atoms with Gasteiger partial charge in [0.05, 0.1) is 5.69 Å². The Hall–Kier alpha value is -2.76. The van der Waals surface area contributed by atoms with Gasteiger partial charge in [-0.05, 0) is 38.1 Å². The van der Waals surface area contributed by atoms with Crippen LogP contribution in [0, 0.1) is 6.92 Å². The lowest BCUT2D eigenvalue weighted by atomic mass is 10.1. The first-order chi connectivity index (χ1) is 11.1. The molecule has 1 aromatic carbocycles. The number of benzene rings is 1. The van der Waals surface area contributed by atoms with Crippen molar-refractivity contribution in [2.75, 3.05) is 11.4 Å². The predicted octanol–water partition coefficient (Wildman–Crippen LogP) is 2.86. The zero-order valence-electron chi connectivity index (χ0n) is 13.5. The van der Waals surface area contributed by atoms with Gasteiger partial charge in [0.2, 0.25) is 5.91 Å². The van der Waals surface area contributed by atoms with E-state index in [9.17, 15) is 4.79 Å². The molecule has 0 aliphatic rings. The minimum atomic E-state index is 0.114. The second kappa shape index (κ2) is 6.16. The number of aryl methyl sites for hydroxylation is 1. The van der Waals surface area contributed by atoms with Crippen LogP contribution in [0.3, 0.4) is 0 Å². The summed E-state index contributed by atoms with van der Waals surface area (Å²) >= 11 is 0. The standard InChI is InChI=1S/C17H19N5O/c1-4-17(23)21(5-2)14-8-6-7-13(11-14)15-9-10-16-19-18-12(3)22(16)20-15/h6-11H,4-5H2,1-3H3. The van der Waals surface area contributed by atoms with Crippen molar-refractivity contribution >= 4 is 17.2 Å². The van der Waals surface area contributed by atoms with Crippen LogP contribution in [0.25, 0.3) is 16.9 Å². The zero-order chi connectivity index (χ0) is 16.4. The number of amides is 1. The summed E-state index contributed by atoms with van der Waals surface area (Å²) in [7, 11) is 0. The van der Waals surface area contributed by atoms with E-state index in [0.29, 0.717) is 13.0 Å². The molecule has 118 valence electrons. The summed E-state index contributed by atoms with van der Waals surface area (Å²) in [5.41, 5.74) is 3.39. The van der Waals surface area contributed by atoms with E-state index in [2.05, 4.69) is 15.3 Å². The fourth-order valence-electron chi connectivity index (χ4n) is 2.58. The summed E-state index contributed by atoms with van der Waals surface area (Å²) < 4.78 is 1.72. The van der Waals surface area contributed by atoms with E-state index in [1.165, 1.54) is 0 Å². The lowest BCUT2D eigenvalue weighted by Crippen LogP contribution is -2.29. The molecule has 0 aliphatic heterocycles. The Labute approximate surface area is 134 Å². The van der Waals surface area contributed by atoms with Crippen LogP contribution in [-0.2, 0) is 4.79 Å². The van der Waals surface area contributed by atoms with E-state index in [1.54, 1.807) is 9.42 Å². The lowest BCUT2D eigenvalue weighted by molar-refractivity contribution is -0.118. The number of hydrogen-bond acceptors (Lipinski definition) is 4. The maximum atomic E-state index is 12.1. The van der Waals surface area contributed by atoms with Crippen LogP contribution in [-0.4, -0.2) is 32.3 Å². The number of hydrogen-bond donors (Lipinski definition) is 0. The molecule has 23 heavy (non-hydrogen) atoms. The molecule has 0 atom stereocenters. The molecule has 0 radical (unpaired) electrons. The summed E-state index contributed by atoms with van der Waals surface area (Å²) in [4.78, 5) is 13.8. The largest absolute Gasteiger partial charge is 0.313 e. The smallest absolute Gasteiger partial charge is 0.226 e. The molecular formula is C17H19N5O. The van der Waals surface area contributed by atoms with Gasteiger partial charge in [0, 0.05) is 24.2 Å². The highest BCUT2D eigenvalue weighted by atomic mass is 16.2. The van der Waals surface area contributed by atoms with E-state index in [-0.39, 0.29) is 5.91 Å². The summed E-state index contributed by atoms with van der Waals surface area (Å²) in [6.07, 6.45) is 0.488. The van der Waals surface area contributed by atoms with Crippen LogP contribution in [0.5, 0.6) is 0 Å². The Morgan fingerprint density at radius 1 is 1.17 bits per heavy atom. The molecule has 0 aliphatic carbocycles. The summed E-state index contributed by atoms with van der Waals surface area (Å²) in [5.74, 6) is 0.858. The lowest BCUT2D eigenvalue weighted by Gasteiger charge is -2.21. The first kappa shape index (κ1) is 15.1. The van der Waals surface area contributed by atoms with Crippen LogP contribution in [0.1, 0.15) is 26.1 Å². The molecule has 1 amide bonds. The van der Waals surface area contributed by atoms with Crippen molar-refractivity contribution in [3.8, 4) is 11.3 Å². The van der Waals surface area contributed by atoms with Crippen LogP contribution in [0.4, 0.5) is 5.69 Å². The molecule has 3 rings (SSSR count). The normalized spacial score (nSPS) is 10.9. The van der Waals surface area contributed by atoms with Gasteiger partial charge in [-0.25, -0.2) is 0 Å². The van der Waals surface area contributed by atoms with Crippen LogP contribution >= 0.6 is 0 Å². The van der Waals surface area contributed by atoms with Gasteiger partial charge in [-0.3, -0.25) is 4.79 Å². The molecule has 0 spiro atoms. The van der Waals surface area contributed by atoms with E-state index < -0.39 is 0 Å². The molecule has 6 heteroatoms. The second-order valence-electron chi connectivity index (χ2n) is 5.28. The summed E-state index contributed by atoms with van der Waals surface area (Å²) in [5, 5.41) is 12.6. The minimum Gasteiger partial charge on any atom is -0.313 e. The van der Waals surface area contributed by atoms with Gasteiger partial charge >= 0.3 is 0 Å². The molecule has 0 N–H and O–H groups in total. The van der Waals surface area contributed by atoms with Gasteiger partial charge in [0.25, 0.3) is 0 Å². The van der Waals surface area contributed by atoms with Gasteiger partial charge < -0.3 is 4.90 Å². The van der Waals surface area contributed by atoms with E-state index >= 15 is 0 Å². The Morgan fingerprint density at radius 2 is 2.00 bits per heavy atom. The fourth-order valence-corrected chi connectivity index (χ4v) is 2.58. The van der Waals surface area contributed by atoms with Crippen LogP contribution in [0.2, 0.25) is 0 Å². The van der Waals surface area contributed by atoms with Gasteiger partial charge in [0.1, 0.15) is 0 Å². The summed E-state index contributed by atoms with van der Waals surface area (Å²) in [6, 6.07) is 11.7. The molecule has 0 bridgehead atoms. The Bertz CT molecular complexity index is 855. The van der Waals surface area contributed by atoms with E-state index in [4.69, 9.17) is 0 Å². The third-order valence-corrected chi connectivity index (χ3v) is 3.79. The first-order valence-electron chi connectivity index (χ1n) is 7.74. The number of aromatic nitrogens is 4. The van der Waals surface area contributed by atoms with Crippen molar-refractivity contribution in [3.05, 3.63) is 42.2 Å². The van der Waals surface area contributed by atoms with Crippen molar-refractivity contribution in [1.82, 2.24) is 19.8 Å². The van der Waals surface area contributed by atoms with E-state index in [1.807, 2.05) is 57.2 Å². The van der Waals surface area contributed by atoms with Crippen molar-refractivity contribution < 1.29 is 4.79 Å². The number of anilines is 1. The molecule has 0 fully saturated rings. The number of carbonyl (C=O) groups excluding carboxylic acids is 1. The fraction of sp³-hybridized carbons (Fsp3) is 0.294. The SMILES string of the molecule is CCC(=O)N(CC)c1cccc(-c2ccc3nnc(C)n3n2)c1. The number of nitrogens with zero attached hydrogens (tertiary/aromatic N) is 5. The van der Waals surface area contributed by atoms with Gasteiger partial charge in [-0.15, -0.1) is 10.2 Å². The van der Waals surface area contributed by atoms with Crippen molar-refractivity contribution in [2.45, 2.75) is 27.2 Å². The quantitative estimate of drug-likeness (QED) is 0.743. The number of carbonyl (C=O) groups is 1. The Balaban J connectivity index is 2.03. The molecule has 0 unspecified atom stereocenters. The Kier molecular flexibility index (Phi) is 4.06. The Morgan fingerprint density at radius 3 is 2.74 bits per heavy atom. The van der Waals surface area contributed by atoms with Gasteiger partial charge in [-0.2, -0.15) is 9.61 Å². The molecule has 0 saturated carbocycles. The van der Waals surface area contributed by atoms with Crippen molar-refractivity contribution in [1.29, 1.82) is 0 Å². The first-order valence-corrected chi connectivity index (χ1v) is 7.74. The highest BCUT2D eigenvalue weighted by molar-refractivity contribution is 5.93. The van der Waals surface area contributed by atoms with Crippen LogP contribution in [0.15, 0.2) is 36.4 Å². The highest BCUT2D eigenvalue weighted by Gasteiger charge is 2.13. The molecular weight excluding hydrogens is 290 g/mol. The third-order valence-electron chi connectivity index (χ3n) is 3.79. The highest BCUT2D eigenvalue weighted by Crippen LogP contribution is 2.24. The number of rotatable bonds is 4. The molecule has 0 saturated heterocycles. The van der Waals surface area contributed by atoms with E-state index in [0.717, 1.165) is 28.4 Å². The van der Waals surface area contributed by atoms with Crippen molar-refractivity contribution in [2.24, 2.45) is 0 Å². The average Bonchev–Trinajstić information content (AvgIpc) is 2.96. The third kappa shape index (κ3) is 2.79. The molecule has 3 aromatic rings. The molecule has 6 nitrogen and oxygen atoms in total. The monoisotopic (exact) mass is 309 g/mol. The molecule has 2 heterocycles. The topological polar surface area (TPSA) is 63.4 Å². The molecule has 2 aromatic heterocycles. The van der Waals surface area contributed by atoms with Gasteiger partial charge in [-0.1, -0.05) is 19.1 Å². The predicted molar refractivity (Wildman–Crippen MR) is 89.3 cm³/mol. The average molecular weight is 309 g/mol. The number of fused-ring (bicyclic) bond motifs is 1. The van der Waals surface area contributed by atoms with Gasteiger partial charge in [0.15, 0.2) is 11.5 Å².